The van der Waals surface area contributed by atoms with E-state index in [0.29, 0.717) is 29.9 Å². The smallest absolute Gasteiger partial charge is 0.332 e. The Morgan fingerprint density at radius 1 is 1.11 bits per heavy atom. The van der Waals surface area contributed by atoms with Crippen molar-refractivity contribution in [1.82, 2.24) is 4.90 Å². The molecule has 0 bridgehead atoms. The third-order valence-electron chi connectivity index (χ3n) is 4.05. The predicted octanol–water partition coefficient (Wildman–Crippen LogP) is 2.20. The van der Waals surface area contributed by atoms with Crippen molar-refractivity contribution in [1.29, 1.82) is 0 Å². The number of nitrogens with zero attached hydrogens (tertiary/aromatic N) is 1. The van der Waals surface area contributed by atoms with Crippen molar-refractivity contribution in [3.8, 4) is 0 Å². The minimum absolute atomic E-state index is 0.0287. The van der Waals surface area contributed by atoms with E-state index in [0.717, 1.165) is 38.8 Å². The summed E-state index contributed by atoms with van der Waals surface area (Å²) in [5.74, 6) is -0.268. The van der Waals surface area contributed by atoms with E-state index < -0.39 is 5.97 Å². The van der Waals surface area contributed by atoms with E-state index in [1.165, 1.54) is 0 Å². The largest absolute Gasteiger partial charge is 0.478 e. The maximum Gasteiger partial charge on any atom is 0.332 e. The van der Waals surface area contributed by atoms with Gasteiger partial charge in [0.15, 0.2) is 0 Å². The molecule has 0 atom stereocenters. The molecule has 1 N–H and O–H groups in total. The highest BCUT2D eigenvalue weighted by atomic mass is 16.4. The maximum absolute atomic E-state index is 12.4. The SMILES string of the molecule is CC1CCN(C(=O)C2=C(C(=O)O)CCCC2)CC1. The summed E-state index contributed by atoms with van der Waals surface area (Å²) in [6.45, 7) is 3.75. The van der Waals surface area contributed by atoms with Crippen LogP contribution < -0.4 is 0 Å². The van der Waals surface area contributed by atoms with E-state index >= 15 is 0 Å². The lowest BCUT2D eigenvalue weighted by Gasteiger charge is -2.32. The molecule has 1 amide bonds. The fraction of sp³-hybridized carbons (Fsp3) is 0.714. The Labute approximate surface area is 108 Å². The monoisotopic (exact) mass is 251 g/mol. The van der Waals surface area contributed by atoms with Gasteiger partial charge in [0.05, 0.1) is 0 Å². The zero-order valence-electron chi connectivity index (χ0n) is 10.9. The summed E-state index contributed by atoms with van der Waals surface area (Å²) in [6, 6.07) is 0. The van der Waals surface area contributed by atoms with Gasteiger partial charge in [0.25, 0.3) is 0 Å². The number of piperidine rings is 1. The van der Waals surface area contributed by atoms with Crippen LogP contribution in [-0.2, 0) is 9.59 Å². The first-order chi connectivity index (χ1) is 8.59. The van der Waals surface area contributed by atoms with Crippen LogP contribution in [0.2, 0.25) is 0 Å². The van der Waals surface area contributed by atoms with Gasteiger partial charge in [-0.2, -0.15) is 0 Å². The van der Waals surface area contributed by atoms with Gasteiger partial charge >= 0.3 is 5.97 Å². The number of hydrogen-bond donors (Lipinski definition) is 1. The lowest BCUT2D eigenvalue weighted by atomic mass is 9.90. The third kappa shape index (κ3) is 2.74. The molecule has 18 heavy (non-hydrogen) atoms. The highest BCUT2D eigenvalue weighted by molar-refractivity contribution is 6.02. The number of rotatable bonds is 2. The minimum atomic E-state index is -0.913. The van der Waals surface area contributed by atoms with Crippen LogP contribution >= 0.6 is 0 Å². The molecule has 0 saturated carbocycles. The molecule has 0 radical (unpaired) electrons. The third-order valence-corrected chi connectivity index (χ3v) is 4.05. The molecule has 0 unspecified atom stereocenters. The Balaban J connectivity index is 2.13. The van der Waals surface area contributed by atoms with Gasteiger partial charge in [0, 0.05) is 24.2 Å². The summed E-state index contributed by atoms with van der Waals surface area (Å²) in [4.78, 5) is 25.4. The molecule has 0 aromatic carbocycles. The second kappa shape index (κ2) is 5.55. The Morgan fingerprint density at radius 3 is 2.22 bits per heavy atom. The molecular formula is C14H21NO3. The Bertz CT molecular complexity index is 379. The molecule has 2 rings (SSSR count). The minimum Gasteiger partial charge on any atom is -0.478 e. The van der Waals surface area contributed by atoms with Gasteiger partial charge in [-0.1, -0.05) is 6.92 Å². The second-order valence-electron chi connectivity index (χ2n) is 5.44. The van der Waals surface area contributed by atoms with E-state index in [1.807, 2.05) is 4.90 Å². The molecule has 1 aliphatic carbocycles. The summed E-state index contributed by atoms with van der Waals surface area (Å²) in [6.07, 6.45) is 5.05. The van der Waals surface area contributed by atoms with Gasteiger partial charge < -0.3 is 10.0 Å². The van der Waals surface area contributed by atoms with Crippen molar-refractivity contribution in [2.24, 2.45) is 5.92 Å². The van der Waals surface area contributed by atoms with Crippen molar-refractivity contribution in [3.63, 3.8) is 0 Å². The number of carbonyl (C=O) groups is 2. The molecule has 1 heterocycles. The number of hydrogen-bond acceptors (Lipinski definition) is 2. The Hall–Kier alpha value is -1.32. The van der Waals surface area contributed by atoms with Gasteiger partial charge in [0.1, 0.15) is 0 Å². The normalized spacial score (nSPS) is 22.2. The Morgan fingerprint density at radius 2 is 1.67 bits per heavy atom. The second-order valence-corrected chi connectivity index (χ2v) is 5.44. The first kappa shape index (κ1) is 13.1. The van der Waals surface area contributed by atoms with Crippen LogP contribution in [0.4, 0.5) is 0 Å². The molecule has 4 nitrogen and oxygen atoms in total. The number of aliphatic carboxylic acids is 1. The summed E-state index contributed by atoms with van der Waals surface area (Å²) < 4.78 is 0. The van der Waals surface area contributed by atoms with Crippen molar-refractivity contribution < 1.29 is 14.7 Å². The molecule has 100 valence electrons. The molecule has 1 saturated heterocycles. The van der Waals surface area contributed by atoms with Gasteiger partial charge in [-0.05, 0) is 44.4 Å². The summed E-state index contributed by atoms with van der Waals surface area (Å²) in [5, 5.41) is 9.17. The standard InChI is InChI=1S/C14H21NO3/c1-10-6-8-15(9-7-10)13(16)11-4-2-3-5-12(11)14(17)18/h10H,2-9H2,1H3,(H,17,18). The number of carbonyl (C=O) groups excluding carboxylic acids is 1. The average Bonchev–Trinajstić information content (AvgIpc) is 2.39. The van der Waals surface area contributed by atoms with Crippen LogP contribution in [0.1, 0.15) is 45.4 Å². The van der Waals surface area contributed by atoms with E-state index in [-0.39, 0.29) is 5.91 Å². The van der Waals surface area contributed by atoms with Gasteiger partial charge in [-0.15, -0.1) is 0 Å². The zero-order valence-corrected chi connectivity index (χ0v) is 10.9. The first-order valence-electron chi connectivity index (χ1n) is 6.84. The van der Waals surface area contributed by atoms with Crippen molar-refractivity contribution in [3.05, 3.63) is 11.1 Å². The molecule has 1 aliphatic heterocycles. The maximum atomic E-state index is 12.4. The fourth-order valence-corrected chi connectivity index (χ4v) is 2.78. The van der Waals surface area contributed by atoms with Crippen LogP contribution in [0.25, 0.3) is 0 Å². The van der Waals surface area contributed by atoms with Gasteiger partial charge in [-0.3, -0.25) is 4.79 Å². The highest BCUT2D eigenvalue weighted by Gasteiger charge is 2.28. The quantitative estimate of drug-likeness (QED) is 0.818. The van der Waals surface area contributed by atoms with Crippen LogP contribution in [0, 0.1) is 5.92 Å². The van der Waals surface area contributed by atoms with Crippen LogP contribution in [0.3, 0.4) is 0 Å². The van der Waals surface area contributed by atoms with Crippen LogP contribution in [-0.4, -0.2) is 35.0 Å². The van der Waals surface area contributed by atoms with Crippen molar-refractivity contribution >= 4 is 11.9 Å². The lowest BCUT2D eigenvalue weighted by Crippen LogP contribution is -2.39. The van der Waals surface area contributed by atoms with Crippen molar-refractivity contribution in [2.45, 2.75) is 45.4 Å². The number of carboxylic acid groups (broad SMARTS) is 1. The highest BCUT2D eigenvalue weighted by Crippen LogP contribution is 2.28. The lowest BCUT2D eigenvalue weighted by molar-refractivity contribution is -0.134. The summed E-state index contributed by atoms with van der Waals surface area (Å²) >= 11 is 0. The number of carboxylic acids is 1. The molecule has 0 aromatic heterocycles. The summed E-state index contributed by atoms with van der Waals surface area (Å²) in [7, 11) is 0. The fourth-order valence-electron chi connectivity index (χ4n) is 2.78. The molecule has 0 aromatic rings. The van der Waals surface area contributed by atoms with Gasteiger partial charge in [0.2, 0.25) is 5.91 Å². The van der Waals surface area contributed by atoms with Crippen LogP contribution in [0.5, 0.6) is 0 Å². The number of likely N-dealkylation sites (tertiary alicyclic amines) is 1. The molecule has 1 fully saturated rings. The van der Waals surface area contributed by atoms with E-state index in [2.05, 4.69) is 6.92 Å². The van der Waals surface area contributed by atoms with E-state index in [9.17, 15) is 9.59 Å². The Kier molecular flexibility index (Phi) is 4.04. The molecular weight excluding hydrogens is 230 g/mol. The molecule has 4 heteroatoms. The van der Waals surface area contributed by atoms with Crippen LogP contribution in [0.15, 0.2) is 11.1 Å². The predicted molar refractivity (Wildman–Crippen MR) is 68.1 cm³/mol. The van der Waals surface area contributed by atoms with Crippen molar-refractivity contribution in [2.75, 3.05) is 13.1 Å². The first-order valence-corrected chi connectivity index (χ1v) is 6.84. The topological polar surface area (TPSA) is 57.6 Å². The van der Waals surface area contributed by atoms with E-state index in [4.69, 9.17) is 5.11 Å². The molecule has 0 spiro atoms. The average molecular weight is 251 g/mol. The van der Waals surface area contributed by atoms with Gasteiger partial charge in [-0.25, -0.2) is 4.79 Å². The van der Waals surface area contributed by atoms with E-state index in [1.54, 1.807) is 0 Å². The number of amides is 1. The summed E-state index contributed by atoms with van der Waals surface area (Å²) in [5.41, 5.74) is 0.910. The molecule has 2 aliphatic rings. The zero-order chi connectivity index (χ0) is 13.1.